The van der Waals surface area contributed by atoms with Gasteiger partial charge in [-0.3, -0.25) is 0 Å². The number of nitrogens with two attached hydrogens (primary N) is 2. The molecule has 18 nitrogen and oxygen atoms in total. The number of aliphatic hydroxyl groups is 8. The molecular formula is C28H41N3O15. The van der Waals surface area contributed by atoms with Crippen LogP contribution in [0.15, 0.2) is 33.5 Å². The highest BCUT2D eigenvalue weighted by Crippen LogP contribution is 2.32. The van der Waals surface area contributed by atoms with E-state index in [4.69, 9.17) is 39.6 Å². The Bertz CT molecular complexity index is 1380. The largest absolute Gasteiger partial charge is 0.423 e. The second-order valence-corrected chi connectivity index (χ2v) is 11.6. The molecule has 0 amide bonds. The molecule has 15 atom stereocenters. The van der Waals surface area contributed by atoms with Gasteiger partial charge in [0.2, 0.25) is 0 Å². The molecule has 3 aliphatic rings. The standard InChI is InChI=1S/C28H41N3O15/c1-9-4-16(35)41-12-5-10(2-3-11(9)12)31-19-23(39)25(14(7-33)42-26(19)40)46-28-18(30)22(38)24(15(8-34)44-28)45-27-17(29)21(37)20(36)13(6-32)43-27/h2-5,13-15,17-28,31-34,36-40H,6-8,29-30H2,1H3/t13-,14-,15-,17-,18-,19-,20-,21-,22-,23-,24-,25-,26?,27+,28+/m1/s1. The number of ether oxygens (including phenoxy) is 5. The number of nitrogens with one attached hydrogen (secondary N) is 1. The summed E-state index contributed by atoms with van der Waals surface area (Å²) in [5.41, 5.74) is 12.9. The minimum Gasteiger partial charge on any atom is -0.423 e. The monoisotopic (exact) mass is 659 g/mol. The van der Waals surface area contributed by atoms with E-state index in [1.54, 1.807) is 19.1 Å². The summed E-state index contributed by atoms with van der Waals surface area (Å²) >= 11 is 0. The van der Waals surface area contributed by atoms with E-state index in [0.29, 0.717) is 16.6 Å². The Hall–Kier alpha value is -2.37. The van der Waals surface area contributed by atoms with E-state index in [1.807, 2.05) is 0 Å². The predicted molar refractivity (Wildman–Crippen MR) is 154 cm³/mol. The summed E-state index contributed by atoms with van der Waals surface area (Å²) in [5, 5.41) is 86.5. The van der Waals surface area contributed by atoms with Gasteiger partial charge < -0.3 is 85.7 Å². The maximum Gasteiger partial charge on any atom is 0.336 e. The third-order valence-electron chi connectivity index (χ3n) is 8.57. The molecule has 0 saturated carbocycles. The van der Waals surface area contributed by atoms with Crippen molar-refractivity contribution in [2.45, 2.75) is 98.9 Å². The fraction of sp³-hybridized carbons (Fsp3) is 0.679. The first-order valence-electron chi connectivity index (χ1n) is 14.7. The first-order chi connectivity index (χ1) is 21.9. The number of hydrogen-bond donors (Lipinski definition) is 11. The lowest BCUT2D eigenvalue weighted by atomic mass is 9.94. The van der Waals surface area contributed by atoms with Gasteiger partial charge in [0, 0.05) is 23.2 Å². The van der Waals surface area contributed by atoms with Crippen LogP contribution in [0, 0.1) is 6.92 Å². The van der Waals surface area contributed by atoms with Crippen molar-refractivity contribution in [2.75, 3.05) is 25.1 Å². The highest BCUT2D eigenvalue weighted by atomic mass is 16.7. The van der Waals surface area contributed by atoms with E-state index < -0.39 is 117 Å². The van der Waals surface area contributed by atoms with Crippen molar-refractivity contribution >= 4 is 16.7 Å². The lowest BCUT2D eigenvalue weighted by Crippen LogP contribution is -2.69. The number of rotatable bonds is 9. The predicted octanol–water partition coefficient (Wildman–Crippen LogP) is -5.11. The molecule has 4 heterocycles. The fourth-order valence-electron chi connectivity index (χ4n) is 5.93. The molecule has 18 heteroatoms. The molecule has 0 radical (unpaired) electrons. The van der Waals surface area contributed by atoms with Gasteiger partial charge >= 0.3 is 5.63 Å². The van der Waals surface area contributed by atoms with Crippen LogP contribution in [0.2, 0.25) is 0 Å². The van der Waals surface area contributed by atoms with Gasteiger partial charge in [-0.25, -0.2) is 4.79 Å². The minimum atomic E-state index is -1.64. The molecule has 2 aromatic rings. The fourth-order valence-corrected chi connectivity index (χ4v) is 5.93. The van der Waals surface area contributed by atoms with Gasteiger partial charge in [-0.1, -0.05) is 0 Å². The molecular weight excluding hydrogens is 618 g/mol. The summed E-state index contributed by atoms with van der Waals surface area (Å²) in [6.45, 7) is -0.370. The van der Waals surface area contributed by atoms with Crippen LogP contribution in [0.3, 0.4) is 0 Å². The summed E-state index contributed by atoms with van der Waals surface area (Å²) < 4.78 is 33.7. The molecule has 3 saturated heterocycles. The third kappa shape index (κ3) is 6.79. The second-order valence-electron chi connectivity index (χ2n) is 11.6. The molecule has 0 bridgehead atoms. The average Bonchev–Trinajstić information content (AvgIpc) is 3.03. The van der Waals surface area contributed by atoms with Crippen LogP contribution in [0.4, 0.5) is 5.69 Å². The zero-order valence-corrected chi connectivity index (χ0v) is 24.7. The summed E-state index contributed by atoms with van der Waals surface area (Å²) in [4.78, 5) is 11.9. The maximum absolute atomic E-state index is 11.9. The smallest absolute Gasteiger partial charge is 0.336 e. The summed E-state index contributed by atoms with van der Waals surface area (Å²) in [6, 6.07) is 2.22. The molecule has 1 aromatic carbocycles. The van der Waals surface area contributed by atoms with Crippen LogP contribution < -0.4 is 22.4 Å². The minimum absolute atomic E-state index is 0.260. The Balaban J connectivity index is 1.31. The number of anilines is 1. The van der Waals surface area contributed by atoms with Crippen molar-refractivity contribution in [3.63, 3.8) is 0 Å². The molecule has 0 aliphatic carbocycles. The van der Waals surface area contributed by atoms with Crippen molar-refractivity contribution in [3.05, 3.63) is 40.2 Å². The zero-order valence-electron chi connectivity index (χ0n) is 24.7. The van der Waals surface area contributed by atoms with Crippen LogP contribution in [0.25, 0.3) is 11.0 Å². The van der Waals surface area contributed by atoms with E-state index in [9.17, 15) is 45.6 Å². The molecule has 258 valence electrons. The molecule has 46 heavy (non-hydrogen) atoms. The lowest BCUT2D eigenvalue weighted by Gasteiger charge is -2.49. The molecule has 5 rings (SSSR count). The lowest BCUT2D eigenvalue weighted by molar-refractivity contribution is -0.347. The average molecular weight is 660 g/mol. The first kappa shape index (κ1) is 35.0. The van der Waals surface area contributed by atoms with Crippen LogP contribution in [0.1, 0.15) is 5.56 Å². The summed E-state index contributed by atoms with van der Waals surface area (Å²) in [5.74, 6) is 0. The van der Waals surface area contributed by atoms with Gasteiger partial charge in [0.1, 0.15) is 66.6 Å². The van der Waals surface area contributed by atoms with Crippen molar-refractivity contribution in [2.24, 2.45) is 11.5 Å². The van der Waals surface area contributed by atoms with Gasteiger partial charge in [0.05, 0.1) is 31.9 Å². The van der Waals surface area contributed by atoms with E-state index >= 15 is 0 Å². The van der Waals surface area contributed by atoms with Crippen LogP contribution in [0.5, 0.6) is 0 Å². The third-order valence-corrected chi connectivity index (χ3v) is 8.57. The molecule has 0 spiro atoms. The van der Waals surface area contributed by atoms with E-state index in [-0.39, 0.29) is 5.58 Å². The molecule has 13 N–H and O–H groups in total. The van der Waals surface area contributed by atoms with E-state index in [0.717, 1.165) is 0 Å². The quantitative estimate of drug-likeness (QED) is 0.112. The van der Waals surface area contributed by atoms with Gasteiger partial charge in [-0.05, 0) is 24.6 Å². The van der Waals surface area contributed by atoms with Gasteiger partial charge in [-0.2, -0.15) is 0 Å². The number of benzene rings is 1. The number of aliphatic hydroxyl groups excluding tert-OH is 8. The summed E-state index contributed by atoms with van der Waals surface area (Å²) in [7, 11) is 0. The Morgan fingerprint density at radius 3 is 1.96 bits per heavy atom. The highest BCUT2D eigenvalue weighted by molar-refractivity contribution is 5.83. The Morgan fingerprint density at radius 1 is 0.761 bits per heavy atom. The van der Waals surface area contributed by atoms with Crippen molar-refractivity contribution in [3.8, 4) is 0 Å². The van der Waals surface area contributed by atoms with Crippen molar-refractivity contribution in [1.29, 1.82) is 0 Å². The molecule has 3 aliphatic heterocycles. The van der Waals surface area contributed by atoms with Gasteiger partial charge in [0.15, 0.2) is 18.9 Å². The molecule has 1 aromatic heterocycles. The van der Waals surface area contributed by atoms with Gasteiger partial charge in [-0.15, -0.1) is 0 Å². The molecule has 3 fully saturated rings. The Labute approximate surface area is 261 Å². The van der Waals surface area contributed by atoms with Crippen LogP contribution in [-0.4, -0.2) is 153 Å². The topological polar surface area (TPSA) is 302 Å². The highest BCUT2D eigenvalue weighted by Gasteiger charge is 2.52. The Morgan fingerprint density at radius 2 is 1.33 bits per heavy atom. The maximum atomic E-state index is 11.9. The van der Waals surface area contributed by atoms with Crippen molar-refractivity contribution in [1.82, 2.24) is 0 Å². The number of fused-ring (bicyclic) bond motifs is 1. The van der Waals surface area contributed by atoms with E-state index in [1.165, 1.54) is 12.1 Å². The number of aryl methyl sites for hydroxylation is 1. The first-order valence-corrected chi connectivity index (χ1v) is 14.7. The van der Waals surface area contributed by atoms with E-state index in [2.05, 4.69) is 5.32 Å². The van der Waals surface area contributed by atoms with Crippen LogP contribution >= 0.6 is 0 Å². The SMILES string of the molecule is Cc1cc(=O)oc2cc(N[C@H]3C(O)O[C@H](CO)[C@@H](O[C@@H]4O[C@H](CO)[C@@H](O[C@@H]5O[C@H](CO)[C@@H](O)[C@H](O)[C@H]5N)[C@H](O)[C@H]4N)[C@@H]3O)ccc12. The van der Waals surface area contributed by atoms with Crippen molar-refractivity contribution < 1.29 is 69.0 Å². The Kier molecular flexibility index (Phi) is 10.9. The number of hydrogen-bond acceptors (Lipinski definition) is 18. The normalized spacial score (nSPS) is 41.8. The summed E-state index contributed by atoms with van der Waals surface area (Å²) in [6.07, 6.45) is -17.5. The van der Waals surface area contributed by atoms with Crippen LogP contribution in [-0.2, 0) is 23.7 Å². The molecule has 1 unspecified atom stereocenters. The second kappa shape index (κ2) is 14.4. The zero-order chi connectivity index (χ0) is 33.4. The van der Waals surface area contributed by atoms with Gasteiger partial charge in [0.25, 0.3) is 0 Å².